The van der Waals surface area contributed by atoms with Crippen molar-refractivity contribution in [1.82, 2.24) is 0 Å². The van der Waals surface area contributed by atoms with Gasteiger partial charge in [-0.15, -0.1) is 0 Å². The maximum absolute atomic E-state index is 13.3. The molecular weight excluding hydrogens is 378 g/mol. The van der Waals surface area contributed by atoms with E-state index >= 15 is 0 Å². The van der Waals surface area contributed by atoms with Crippen LogP contribution in [-0.2, 0) is 0 Å². The molecular formula is C19H13BrF2O2. The first-order valence-electron chi connectivity index (χ1n) is 7.29. The van der Waals surface area contributed by atoms with Crippen LogP contribution in [0.25, 0.3) is 10.8 Å². The van der Waals surface area contributed by atoms with Gasteiger partial charge >= 0.3 is 0 Å². The predicted molar refractivity (Wildman–Crippen MR) is 92.4 cm³/mol. The third kappa shape index (κ3) is 3.46. The SMILES string of the molecule is C[C@H](Oc1ccc2cc(Br)ccc2c1)C(=O)c1ccc(F)c(F)c1. The van der Waals surface area contributed by atoms with Gasteiger partial charge in [0.2, 0.25) is 5.78 Å². The average Bonchev–Trinajstić information content (AvgIpc) is 2.56. The molecule has 0 aliphatic rings. The summed E-state index contributed by atoms with van der Waals surface area (Å²) in [7, 11) is 0. The smallest absolute Gasteiger partial charge is 0.203 e. The van der Waals surface area contributed by atoms with Gasteiger partial charge in [-0.2, -0.15) is 0 Å². The van der Waals surface area contributed by atoms with Gasteiger partial charge in [-0.1, -0.05) is 28.1 Å². The lowest BCUT2D eigenvalue weighted by Gasteiger charge is -2.14. The van der Waals surface area contributed by atoms with Gasteiger partial charge in [0.05, 0.1) is 0 Å². The van der Waals surface area contributed by atoms with E-state index in [9.17, 15) is 13.6 Å². The number of rotatable bonds is 4. The Morgan fingerprint density at radius 2 is 1.67 bits per heavy atom. The highest BCUT2D eigenvalue weighted by Gasteiger charge is 2.18. The van der Waals surface area contributed by atoms with E-state index in [0.717, 1.165) is 27.4 Å². The number of hydrogen-bond acceptors (Lipinski definition) is 2. The van der Waals surface area contributed by atoms with Crippen molar-refractivity contribution >= 4 is 32.5 Å². The Bertz CT molecular complexity index is 924. The number of ketones is 1. The molecule has 5 heteroatoms. The molecule has 122 valence electrons. The fourth-order valence-corrected chi connectivity index (χ4v) is 2.79. The summed E-state index contributed by atoms with van der Waals surface area (Å²) in [6.07, 6.45) is -0.817. The Hall–Kier alpha value is -2.27. The maximum Gasteiger partial charge on any atom is 0.203 e. The Labute approximate surface area is 146 Å². The van der Waals surface area contributed by atoms with E-state index < -0.39 is 23.5 Å². The van der Waals surface area contributed by atoms with Gasteiger partial charge in [0.15, 0.2) is 17.7 Å². The van der Waals surface area contributed by atoms with Crippen molar-refractivity contribution in [2.24, 2.45) is 0 Å². The number of carbonyl (C=O) groups excluding carboxylic acids is 1. The minimum absolute atomic E-state index is 0.0751. The van der Waals surface area contributed by atoms with Crippen molar-refractivity contribution in [1.29, 1.82) is 0 Å². The van der Waals surface area contributed by atoms with Crippen molar-refractivity contribution in [2.45, 2.75) is 13.0 Å². The molecule has 0 radical (unpaired) electrons. The number of hydrogen-bond donors (Lipinski definition) is 0. The number of benzene rings is 3. The van der Waals surface area contributed by atoms with Crippen LogP contribution in [0, 0.1) is 11.6 Å². The molecule has 3 rings (SSSR count). The first-order chi connectivity index (χ1) is 11.4. The lowest BCUT2D eigenvalue weighted by molar-refractivity contribution is 0.0818. The molecule has 0 unspecified atom stereocenters. The van der Waals surface area contributed by atoms with Gasteiger partial charge in [-0.25, -0.2) is 8.78 Å². The minimum atomic E-state index is -1.05. The number of fused-ring (bicyclic) bond motifs is 1. The summed E-state index contributed by atoms with van der Waals surface area (Å²) in [4.78, 5) is 12.3. The summed E-state index contributed by atoms with van der Waals surface area (Å²) in [6.45, 7) is 1.58. The van der Waals surface area contributed by atoms with Crippen LogP contribution in [0.2, 0.25) is 0 Å². The zero-order valence-corrected chi connectivity index (χ0v) is 14.3. The Morgan fingerprint density at radius 1 is 0.958 bits per heavy atom. The van der Waals surface area contributed by atoms with Crippen molar-refractivity contribution in [3.8, 4) is 5.75 Å². The Kier molecular flexibility index (Phi) is 4.62. The Balaban J connectivity index is 1.80. The van der Waals surface area contributed by atoms with E-state index in [4.69, 9.17) is 4.74 Å². The van der Waals surface area contributed by atoms with Crippen molar-refractivity contribution in [3.63, 3.8) is 0 Å². The molecule has 3 aromatic rings. The summed E-state index contributed by atoms with van der Waals surface area (Å²) in [5, 5.41) is 2.01. The molecule has 0 saturated heterocycles. The number of ether oxygens (including phenoxy) is 1. The molecule has 0 bridgehead atoms. The van der Waals surface area contributed by atoms with E-state index in [0.29, 0.717) is 5.75 Å². The predicted octanol–water partition coefficient (Wildman–Crippen LogP) is 5.53. The molecule has 0 amide bonds. The number of carbonyl (C=O) groups is 1. The molecule has 0 aliphatic carbocycles. The first kappa shape index (κ1) is 16.6. The van der Waals surface area contributed by atoms with E-state index in [1.54, 1.807) is 13.0 Å². The highest BCUT2D eigenvalue weighted by molar-refractivity contribution is 9.10. The molecule has 0 aromatic heterocycles. The van der Waals surface area contributed by atoms with Crippen molar-refractivity contribution in [2.75, 3.05) is 0 Å². The average molecular weight is 391 g/mol. The fourth-order valence-electron chi connectivity index (χ4n) is 2.41. The van der Waals surface area contributed by atoms with Crippen LogP contribution in [0.5, 0.6) is 5.75 Å². The van der Waals surface area contributed by atoms with Gasteiger partial charge in [0.25, 0.3) is 0 Å². The van der Waals surface area contributed by atoms with Crippen LogP contribution < -0.4 is 4.74 Å². The maximum atomic E-state index is 13.3. The molecule has 0 fully saturated rings. The lowest BCUT2D eigenvalue weighted by Crippen LogP contribution is -2.24. The lowest BCUT2D eigenvalue weighted by atomic mass is 10.1. The van der Waals surface area contributed by atoms with Crippen LogP contribution in [-0.4, -0.2) is 11.9 Å². The third-order valence-corrected chi connectivity index (χ3v) is 4.15. The zero-order valence-electron chi connectivity index (χ0n) is 12.7. The topological polar surface area (TPSA) is 26.3 Å². The summed E-state index contributed by atoms with van der Waals surface area (Å²) < 4.78 is 32.9. The molecule has 0 saturated carbocycles. The van der Waals surface area contributed by atoms with E-state index in [2.05, 4.69) is 15.9 Å². The normalized spacial score (nSPS) is 12.2. The molecule has 0 aliphatic heterocycles. The minimum Gasteiger partial charge on any atom is -0.483 e. The summed E-state index contributed by atoms with van der Waals surface area (Å²) in [5.74, 6) is -1.91. The quantitative estimate of drug-likeness (QED) is 0.547. The molecule has 0 spiro atoms. The van der Waals surface area contributed by atoms with E-state index in [1.165, 1.54) is 6.07 Å². The van der Waals surface area contributed by atoms with Gasteiger partial charge in [0.1, 0.15) is 5.75 Å². The van der Waals surface area contributed by atoms with Crippen molar-refractivity contribution in [3.05, 3.63) is 76.3 Å². The second kappa shape index (κ2) is 6.69. The molecule has 3 aromatic carbocycles. The van der Waals surface area contributed by atoms with Crippen LogP contribution >= 0.6 is 15.9 Å². The van der Waals surface area contributed by atoms with E-state index in [1.807, 2.05) is 30.3 Å². The summed E-state index contributed by atoms with van der Waals surface area (Å²) in [5.41, 5.74) is 0.0751. The molecule has 2 nitrogen and oxygen atoms in total. The monoisotopic (exact) mass is 390 g/mol. The third-order valence-electron chi connectivity index (χ3n) is 3.66. The van der Waals surface area contributed by atoms with E-state index in [-0.39, 0.29) is 5.56 Å². The molecule has 24 heavy (non-hydrogen) atoms. The number of halogens is 3. The molecule has 1 atom stereocenters. The van der Waals surface area contributed by atoms with Crippen LogP contribution in [0.1, 0.15) is 17.3 Å². The van der Waals surface area contributed by atoms with Gasteiger partial charge < -0.3 is 4.74 Å². The van der Waals surface area contributed by atoms with Gasteiger partial charge in [-0.3, -0.25) is 4.79 Å². The molecule has 0 heterocycles. The van der Waals surface area contributed by atoms with Crippen LogP contribution in [0.15, 0.2) is 59.1 Å². The zero-order chi connectivity index (χ0) is 17.3. The van der Waals surface area contributed by atoms with Crippen LogP contribution in [0.3, 0.4) is 0 Å². The second-order valence-electron chi connectivity index (χ2n) is 5.41. The fraction of sp³-hybridized carbons (Fsp3) is 0.105. The Morgan fingerprint density at radius 3 is 2.42 bits per heavy atom. The molecule has 0 N–H and O–H groups in total. The highest BCUT2D eigenvalue weighted by atomic mass is 79.9. The van der Waals surface area contributed by atoms with Crippen molar-refractivity contribution < 1.29 is 18.3 Å². The van der Waals surface area contributed by atoms with Crippen LogP contribution in [0.4, 0.5) is 8.78 Å². The van der Waals surface area contributed by atoms with Gasteiger partial charge in [-0.05, 0) is 60.2 Å². The second-order valence-corrected chi connectivity index (χ2v) is 6.32. The largest absolute Gasteiger partial charge is 0.483 e. The first-order valence-corrected chi connectivity index (χ1v) is 8.08. The van der Waals surface area contributed by atoms with Gasteiger partial charge in [0, 0.05) is 10.0 Å². The summed E-state index contributed by atoms with van der Waals surface area (Å²) >= 11 is 3.41. The number of Topliss-reactive ketones (excluding diaryl/α,β-unsaturated/α-hetero) is 1. The standard InChI is InChI=1S/C19H13BrF2O2/c1-11(19(23)14-4-7-17(21)18(22)10-14)24-16-6-3-12-8-15(20)5-2-13(12)9-16/h2-11H,1H3/t11-/m0/s1. The highest BCUT2D eigenvalue weighted by Crippen LogP contribution is 2.25. The summed E-state index contributed by atoms with van der Waals surface area (Å²) in [6, 6.07) is 14.4.